The third-order valence-corrected chi connectivity index (χ3v) is 3.67. The van der Waals surface area contributed by atoms with Crippen LogP contribution in [-0.2, 0) is 9.47 Å². The molecule has 0 saturated carbocycles. The van der Waals surface area contributed by atoms with Gasteiger partial charge in [-0.25, -0.2) is 9.59 Å². The average Bonchev–Trinajstić information content (AvgIpc) is 2.28. The molecule has 0 aliphatic rings. The van der Waals surface area contributed by atoms with Crippen LogP contribution in [-0.4, -0.2) is 26.2 Å². The highest BCUT2D eigenvalue weighted by Gasteiger charge is 2.21. The summed E-state index contributed by atoms with van der Waals surface area (Å²) < 4.78 is 10.3. The van der Waals surface area contributed by atoms with Gasteiger partial charge >= 0.3 is 11.9 Å². The topological polar surface area (TPSA) is 52.6 Å². The third-order valence-electron chi connectivity index (χ3n) is 1.89. The number of carbonyl (C=O) groups is 2. The summed E-state index contributed by atoms with van der Waals surface area (Å²) in [5.41, 5.74) is 0.665. The molecule has 0 amide bonds. The standard InChI is InChI=1S/C10H8BrIO4/c1-15-9(13)5-3-4-6(11)7(8(5)12)10(14)16-2/h3-4H,1-2H3. The Morgan fingerprint density at radius 1 is 1.19 bits per heavy atom. The van der Waals surface area contributed by atoms with E-state index in [-0.39, 0.29) is 0 Å². The highest BCUT2D eigenvalue weighted by Crippen LogP contribution is 2.26. The van der Waals surface area contributed by atoms with Gasteiger partial charge in [-0.3, -0.25) is 0 Å². The summed E-state index contributed by atoms with van der Waals surface area (Å²) in [4.78, 5) is 22.9. The maximum Gasteiger partial charge on any atom is 0.340 e. The van der Waals surface area contributed by atoms with Crippen molar-refractivity contribution in [3.05, 3.63) is 31.3 Å². The summed E-state index contributed by atoms with van der Waals surface area (Å²) in [5, 5.41) is 0. The minimum absolute atomic E-state index is 0.325. The van der Waals surface area contributed by atoms with Gasteiger partial charge in [0.2, 0.25) is 0 Å². The Hall–Kier alpha value is -0.630. The third kappa shape index (κ3) is 2.54. The molecule has 0 saturated heterocycles. The van der Waals surface area contributed by atoms with Gasteiger partial charge < -0.3 is 9.47 Å². The molecular weight excluding hydrogens is 391 g/mol. The number of hydrogen-bond acceptors (Lipinski definition) is 4. The molecule has 0 fully saturated rings. The average molecular weight is 399 g/mol. The van der Waals surface area contributed by atoms with Crippen LogP contribution < -0.4 is 0 Å². The molecule has 4 nitrogen and oxygen atoms in total. The zero-order valence-electron chi connectivity index (χ0n) is 8.54. The molecule has 0 unspecified atom stereocenters. The minimum atomic E-state index is -0.498. The highest BCUT2D eigenvalue weighted by molar-refractivity contribution is 14.1. The Labute approximate surface area is 115 Å². The first-order valence-electron chi connectivity index (χ1n) is 4.17. The zero-order chi connectivity index (χ0) is 12.3. The molecular formula is C10H8BrIO4. The van der Waals surface area contributed by atoms with Gasteiger partial charge in [-0.2, -0.15) is 0 Å². The van der Waals surface area contributed by atoms with E-state index in [9.17, 15) is 9.59 Å². The Morgan fingerprint density at radius 2 is 1.75 bits per heavy atom. The molecule has 1 rings (SSSR count). The molecule has 1 aromatic carbocycles. The van der Waals surface area contributed by atoms with E-state index < -0.39 is 11.9 Å². The van der Waals surface area contributed by atoms with Crippen molar-refractivity contribution in [1.29, 1.82) is 0 Å². The van der Waals surface area contributed by atoms with Crippen LogP contribution in [0.5, 0.6) is 0 Å². The number of halogens is 2. The first-order chi connectivity index (χ1) is 7.52. The van der Waals surface area contributed by atoms with Gasteiger partial charge in [0.25, 0.3) is 0 Å². The summed E-state index contributed by atoms with van der Waals surface area (Å²) in [5.74, 6) is -0.982. The highest BCUT2D eigenvalue weighted by atomic mass is 127. The molecule has 1 aromatic rings. The van der Waals surface area contributed by atoms with Crippen LogP contribution in [0.25, 0.3) is 0 Å². The van der Waals surface area contributed by atoms with Gasteiger partial charge in [0.05, 0.1) is 25.3 Å². The first-order valence-corrected chi connectivity index (χ1v) is 6.04. The molecule has 0 aromatic heterocycles. The van der Waals surface area contributed by atoms with Crippen LogP contribution in [0.2, 0.25) is 0 Å². The van der Waals surface area contributed by atoms with E-state index in [2.05, 4.69) is 25.4 Å². The van der Waals surface area contributed by atoms with E-state index in [0.29, 0.717) is 19.2 Å². The fourth-order valence-electron chi connectivity index (χ4n) is 1.11. The predicted octanol–water partition coefficient (Wildman–Crippen LogP) is 2.63. The molecule has 16 heavy (non-hydrogen) atoms. The largest absolute Gasteiger partial charge is 0.465 e. The maximum absolute atomic E-state index is 11.5. The van der Waals surface area contributed by atoms with E-state index in [1.165, 1.54) is 14.2 Å². The summed E-state index contributed by atoms with van der Waals surface area (Å²) in [6, 6.07) is 3.20. The number of rotatable bonds is 2. The number of ether oxygens (including phenoxy) is 2. The maximum atomic E-state index is 11.5. The van der Waals surface area contributed by atoms with Crippen LogP contribution in [0.1, 0.15) is 20.7 Å². The molecule has 86 valence electrons. The van der Waals surface area contributed by atoms with E-state index in [0.717, 1.165) is 0 Å². The number of benzene rings is 1. The summed E-state index contributed by atoms with van der Waals surface area (Å²) in [6.07, 6.45) is 0. The van der Waals surface area contributed by atoms with Crippen molar-refractivity contribution in [1.82, 2.24) is 0 Å². The van der Waals surface area contributed by atoms with Crippen LogP contribution in [0, 0.1) is 3.57 Å². The zero-order valence-corrected chi connectivity index (χ0v) is 12.3. The van der Waals surface area contributed by atoms with E-state index in [1.807, 2.05) is 22.6 Å². The monoisotopic (exact) mass is 398 g/mol. The summed E-state index contributed by atoms with van der Waals surface area (Å²) >= 11 is 5.15. The second-order valence-electron chi connectivity index (χ2n) is 2.77. The Morgan fingerprint density at radius 3 is 2.25 bits per heavy atom. The quantitative estimate of drug-likeness (QED) is 0.567. The molecule has 0 spiro atoms. The normalized spacial score (nSPS) is 9.75. The second-order valence-corrected chi connectivity index (χ2v) is 4.70. The number of methoxy groups -OCH3 is 2. The SMILES string of the molecule is COC(=O)c1ccc(Br)c(C(=O)OC)c1I. The van der Waals surface area contributed by atoms with E-state index in [1.54, 1.807) is 12.1 Å². The Balaban J connectivity index is 3.38. The lowest BCUT2D eigenvalue weighted by Crippen LogP contribution is -2.11. The fraction of sp³-hybridized carbons (Fsp3) is 0.200. The van der Waals surface area contributed by atoms with E-state index in [4.69, 9.17) is 0 Å². The lowest BCUT2D eigenvalue weighted by atomic mass is 10.1. The molecule has 0 aliphatic heterocycles. The van der Waals surface area contributed by atoms with Crippen molar-refractivity contribution in [2.24, 2.45) is 0 Å². The molecule has 0 bridgehead atoms. The number of carbonyl (C=O) groups excluding carboxylic acids is 2. The van der Waals surface area contributed by atoms with Gasteiger partial charge in [0.1, 0.15) is 0 Å². The van der Waals surface area contributed by atoms with Crippen molar-refractivity contribution in [3.63, 3.8) is 0 Å². The molecule has 0 radical (unpaired) electrons. The number of hydrogen-bond donors (Lipinski definition) is 0. The van der Waals surface area contributed by atoms with E-state index >= 15 is 0 Å². The lowest BCUT2D eigenvalue weighted by Gasteiger charge is -2.08. The van der Waals surface area contributed by atoms with Gasteiger partial charge in [-0.15, -0.1) is 0 Å². The van der Waals surface area contributed by atoms with Crippen LogP contribution >= 0.6 is 38.5 Å². The first kappa shape index (κ1) is 13.4. The Bertz CT molecular complexity index is 445. The van der Waals surface area contributed by atoms with Crippen molar-refractivity contribution < 1.29 is 19.1 Å². The van der Waals surface area contributed by atoms with Crippen molar-refractivity contribution in [3.8, 4) is 0 Å². The van der Waals surface area contributed by atoms with Gasteiger partial charge in [-0.05, 0) is 50.7 Å². The summed E-state index contributed by atoms with van der Waals surface area (Å²) in [6.45, 7) is 0. The van der Waals surface area contributed by atoms with Crippen LogP contribution in [0.4, 0.5) is 0 Å². The summed E-state index contributed by atoms with van der Waals surface area (Å²) in [7, 11) is 2.58. The fourth-order valence-corrected chi connectivity index (χ4v) is 2.88. The molecule has 0 aliphatic carbocycles. The molecule has 0 N–H and O–H groups in total. The van der Waals surface area contributed by atoms with Crippen molar-refractivity contribution in [2.45, 2.75) is 0 Å². The smallest absolute Gasteiger partial charge is 0.340 e. The molecule has 0 heterocycles. The van der Waals surface area contributed by atoms with Gasteiger partial charge in [0.15, 0.2) is 0 Å². The van der Waals surface area contributed by atoms with Crippen molar-refractivity contribution in [2.75, 3.05) is 14.2 Å². The predicted molar refractivity (Wildman–Crippen MR) is 69.5 cm³/mol. The van der Waals surface area contributed by atoms with Crippen molar-refractivity contribution >= 4 is 50.5 Å². The lowest BCUT2D eigenvalue weighted by molar-refractivity contribution is 0.0596. The number of esters is 2. The minimum Gasteiger partial charge on any atom is -0.465 e. The van der Waals surface area contributed by atoms with Crippen LogP contribution in [0.15, 0.2) is 16.6 Å². The molecule has 6 heteroatoms. The van der Waals surface area contributed by atoms with Crippen LogP contribution in [0.3, 0.4) is 0 Å². The van der Waals surface area contributed by atoms with Gasteiger partial charge in [0, 0.05) is 8.04 Å². The second kappa shape index (κ2) is 5.62. The molecule has 0 atom stereocenters. The van der Waals surface area contributed by atoms with Gasteiger partial charge in [-0.1, -0.05) is 0 Å². The Kier molecular flexibility index (Phi) is 4.72.